The van der Waals surface area contributed by atoms with Crippen LogP contribution in [0.1, 0.15) is 42.9 Å². The van der Waals surface area contributed by atoms with E-state index in [1.54, 1.807) is 13.8 Å². The molecule has 3 aromatic rings. The maximum Gasteiger partial charge on any atom is 0.407 e. The molecule has 2 aromatic carbocycles. The summed E-state index contributed by atoms with van der Waals surface area (Å²) in [4.78, 5) is 29.3. The average molecular weight is 630 g/mol. The second-order valence-electron chi connectivity index (χ2n) is 11.6. The highest BCUT2D eigenvalue weighted by Crippen LogP contribution is 2.29. The van der Waals surface area contributed by atoms with E-state index < -0.39 is 47.0 Å². The Kier molecular flexibility index (Phi) is 11.5. The summed E-state index contributed by atoms with van der Waals surface area (Å²) < 4.78 is 53.4. The van der Waals surface area contributed by atoms with E-state index in [0.717, 1.165) is 6.20 Å². The standard InChI is InChI=1S/C32H38F3N5O5/c1-32(2,18-41)40-31(43)45-17-23-16-44-24(13-38-23)11-12-25-26(35)14-37-15-27(25)39-30(42)29(36)28(19-3-7-21(33)8-4-19)20-5-9-22(34)10-6-20/h3-10,14-15,23-24,28-29,38,41H,11-13,16-18,36H2,1-2H3,(H,39,42)(H,40,43)/t23-,24+,29?/m0/s1. The van der Waals surface area contributed by atoms with Gasteiger partial charge in [-0.25, -0.2) is 18.0 Å². The third-order valence-corrected chi connectivity index (χ3v) is 7.52. The lowest BCUT2D eigenvalue weighted by Gasteiger charge is -2.31. The number of aromatic nitrogens is 1. The Morgan fingerprint density at radius 1 is 1.09 bits per heavy atom. The lowest BCUT2D eigenvalue weighted by molar-refractivity contribution is -0.117. The van der Waals surface area contributed by atoms with Crippen molar-refractivity contribution in [2.45, 2.75) is 56.3 Å². The van der Waals surface area contributed by atoms with Crippen LogP contribution >= 0.6 is 0 Å². The second kappa shape index (κ2) is 15.3. The molecule has 2 heterocycles. The van der Waals surface area contributed by atoms with Gasteiger partial charge in [0.25, 0.3) is 0 Å². The molecule has 0 aliphatic carbocycles. The molecule has 0 radical (unpaired) electrons. The summed E-state index contributed by atoms with van der Waals surface area (Å²) in [6.07, 6.45) is 2.09. The normalized spacial score (nSPS) is 17.5. The van der Waals surface area contributed by atoms with Crippen LogP contribution in [0.25, 0.3) is 0 Å². The molecule has 13 heteroatoms. The highest BCUT2D eigenvalue weighted by molar-refractivity contribution is 5.96. The van der Waals surface area contributed by atoms with Gasteiger partial charge in [-0.15, -0.1) is 0 Å². The molecule has 1 aliphatic rings. The van der Waals surface area contributed by atoms with E-state index in [0.29, 0.717) is 24.1 Å². The molecule has 4 rings (SSSR count). The number of pyridine rings is 1. The molecule has 2 amide bonds. The predicted molar refractivity (Wildman–Crippen MR) is 161 cm³/mol. The van der Waals surface area contributed by atoms with Crippen molar-refractivity contribution in [3.63, 3.8) is 0 Å². The third kappa shape index (κ3) is 9.47. The van der Waals surface area contributed by atoms with Crippen molar-refractivity contribution in [1.82, 2.24) is 15.6 Å². The van der Waals surface area contributed by atoms with Gasteiger partial charge in [-0.2, -0.15) is 0 Å². The van der Waals surface area contributed by atoms with Gasteiger partial charge in [0.05, 0.1) is 55.0 Å². The van der Waals surface area contributed by atoms with E-state index >= 15 is 0 Å². The number of morpholine rings is 1. The number of benzene rings is 2. The summed E-state index contributed by atoms with van der Waals surface area (Å²) in [5.74, 6) is -2.91. The van der Waals surface area contributed by atoms with Crippen molar-refractivity contribution in [2.75, 3.05) is 31.7 Å². The van der Waals surface area contributed by atoms with Crippen molar-refractivity contribution in [1.29, 1.82) is 0 Å². The Morgan fingerprint density at radius 2 is 1.71 bits per heavy atom. The number of alkyl carbamates (subject to hydrolysis) is 1. The minimum absolute atomic E-state index is 0.0618. The molecule has 1 aliphatic heterocycles. The van der Waals surface area contributed by atoms with Gasteiger partial charge in [-0.3, -0.25) is 9.78 Å². The minimum atomic E-state index is -1.20. The predicted octanol–water partition coefficient (Wildman–Crippen LogP) is 3.38. The van der Waals surface area contributed by atoms with E-state index in [2.05, 4.69) is 20.9 Å². The van der Waals surface area contributed by atoms with Gasteiger partial charge in [0, 0.05) is 18.0 Å². The van der Waals surface area contributed by atoms with Crippen molar-refractivity contribution in [2.24, 2.45) is 5.73 Å². The molecule has 6 N–H and O–H groups in total. The van der Waals surface area contributed by atoms with Crippen LogP contribution in [-0.2, 0) is 20.7 Å². The summed E-state index contributed by atoms with van der Waals surface area (Å²) in [5.41, 5.74) is 7.09. The fourth-order valence-electron chi connectivity index (χ4n) is 4.93. The first-order chi connectivity index (χ1) is 21.5. The Hall–Kier alpha value is -4.04. The number of aliphatic hydroxyl groups excluding tert-OH is 1. The van der Waals surface area contributed by atoms with Crippen LogP contribution in [0.15, 0.2) is 60.9 Å². The summed E-state index contributed by atoms with van der Waals surface area (Å²) in [7, 11) is 0. The molecule has 0 spiro atoms. The van der Waals surface area contributed by atoms with Gasteiger partial charge in [0.1, 0.15) is 24.1 Å². The quantitative estimate of drug-likeness (QED) is 0.205. The molecule has 1 aromatic heterocycles. The number of carbonyl (C=O) groups excluding carboxylic acids is 2. The van der Waals surface area contributed by atoms with Crippen LogP contribution in [0.4, 0.5) is 23.7 Å². The molecule has 45 heavy (non-hydrogen) atoms. The van der Waals surface area contributed by atoms with E-state index in [4.69, 9.17) is 15.2 Å². The number of halogens is 3. The zero-order valence-corrected chi connectivity index (χ0v) is 25.1. The third-order valence-electron chi connectivity index (χ3n) is 7.52. The number of ether oxygens (including phenoxy) is 2. The Morgan fingerprint density at radius 3 is 2.27 bits per heavy atom. The Labute approximate surface area is 259 Å². The average Bonchev–Trinajstić information content (AvgIpc) is 3.02. The second-order valence-corrected chi connectivity index (χ2v) is 11.6. The van der Waals surface area contributed by atoms with Gasteiger partial charge in [0.2, 0.25) is 5.91 Å². The number of anilines is 1. The summed E-state index contributed by atoms with van der Waals surface area (Å²) in [6, 6.07) is 9.59. The largest absolute Gasteiger partial charge is 0.448 e. The highest BCUT2D eigenvalue weighted by atomic mass is 19.1. The number of hydrogen-bond donors (Lipinski definition) is 5. The first-order valence-corrected chi connectivity index (χ1v) is 14.6. The highest BCUT2D eigenvalue weighted by Gasteiger charge is 2.30. The zero-order valence-electron chi connectivity index (χ0n) is 25.1. The van der Waals surface area contributed by atoms with E-state index in [-0.39, 0.29) is 49.6 Å². The fourth-order valence-corrected chi connectivity index (χ4v) is 4.93. The number of nitrogens with zero attached hydrogens (tertiary/aromatic N) is 1. The molecular weight excluding hydrogens is 591 g/mol. The van der Waals surface area contributed by atoms with Crippen LogP contribution in [-0.4, -0.2) is 72.2 Å². The monoisotopic (exact) mass is 629 g/mol. The number of carbonyl (C=O) groups is 2. The molecular formula is C32H38F3N5O5. The van der Waals surface area contributed by atoms with Gasteiger partial charge in [0.15, 0.2) is 0 Å². The van der Waals surface area contributed by atoms with Crippen molar-refractivity contribution in [3.8, 4) is 0 Å². The van der Waals surface area contributed by atoms with E-state index in [1.165, 1.54) is 54.7 Å². The maximum absolute atomic E-state index is 15.0. The van der Waals surface area contributed by atoms with Crippen molar-refractivity contribution in [3.05, 3.63) is 95.1 Å². The maximum atomic E-state index is 15.0. The summed E-state index contributed by atoms with van der Waals surface area (Å²) >= 11 is 0. The number of rotatable bonds is 12. The van der Waals surface area contributed by atoms with Crippen molar-refractivity contribution >= 4 is 17.7 Å². The fraction of sp³-hybridized carbons (Fsp3) is 0.406. The topological polar surface area (TPSA) is 148 Å². The van der Waals surface area contributed by atoms with Crippen LogP contribution in [0.5, 0.6) is 0 Å². The van der Waals surface area contributed by atoms with Gasteiger partial charge < -0.3 is 36.3 Å². The van der Waals surface area contributed by atoms with Crippen LogP contribution in [0.3, 0.4) is 0 Å². The van der Waals surface area contributed by atoms with Crippen LogP contribution < -0.4 is 21.7 Å². The van der Waals surface area contributed by atoms with Gasteiger partial charge >= 0.3 is 6.09 Å². The molecule has 242 valence electrons. The molecule has 1 fully saturated rings. The number of amides is 2. The van der Waals surface area contributed by atoms with Gasteiger partial charge in [-0.05, 0) is 62.1 Å². The lowest BCUT2D eigenvalue weighted by atomic mass is 9.85. The van der Waals surface area contributed by atoms with E-state index in [9.17, 15) is 27.9 Å². The first-order valence-electron chi connectivity index (χ1n) is 14.6. The van der Waals surface area contributed by atoms with Crippen molar-refractivity contribution < 1.29 is 37.3 Å². The van der Waals surface area contributed by atoms with Crippen LogP contribution in [0, 0.1) is 17.5 Å². The molecule has 1 unspecified atom stereocenters. The minimum Gasteiger partial charge on any atom is -0.448 e. The summed E-state index contributed by atoms with van der Waals surface area (Å²) in [5, 5.41) is 17.8. The number of nitrogens with one attached hydrogen (secondary N) is 3. The Balaban J connectivity index is 1.36. The molecule has 10 nitrogen and oxygen atoms in total. The molecule has 3 atom stereocenters. The number of hydrogen-bond acceptors (Lipinski definition) is 8. The number of nitrogens with two attached hydrogens (primary N) is 1. The zero-order chi connectivity index (χ0) is 32.6. The number of aliphatic hydroxyl groups is 1. The van der Waals surface area contributed by atoms with Gasteiger partial charge in [-0.1, -0.05) is 24.3 Å². The smallest absolute Gasteiger partial charge is 0.407 e. The van der Waals surface area contributed by atoms with E-state index in [1.807, 2.05) is 0 Å². The Bertz CT molecular complexity index is 1390. The first kappa shape index (κ1) is 33.8. The summed E-state index contributed by atoms with van der Waals surface area (Å²) in [6.45, 7) is 3.83. The van der Waals surface area contributed by atoms with Crippen LogP contribution in [0.2, 0.25) is 0 Å². The molecule has 1 saturated heterocycles. The molecule has 0 saturated carbocycles. The SMILES string of the molecule is CC(C)(CO)NC(=O)OC[C@@H]1CO[C@H](CCc2c(F)cncc2NC(=O)C(N)C(c2ccc(F)cc2)c2ccc(F)cc2)CN1. The molecule has 0 bridgehead atoms. The lowest BCUT2D eigenvalue weighted by Crippen LogP contribution is -2.51.